The van der Waals surface area contributed by atoms with E-state index in [1.165, 1.54) is 4.31 Å². The first kappa shape index (κ1) is 15.0. The van der Waals surface area contributed by atoms with E-state index in [0.717, 1.165) is 16.5 Å². The molecule has 1 aromatic rings. The predicted octanol–water partition coefficient (Wildman–Crippen LogP) is 2.12. The standard InChI is InChI=1S/C13H19BrN2O2S/c1-10-3-4-11(7-12(10)14)19(17,18)16-6-5-13(2,8-15)9-16/h3-4,7H,5-6,8-9,15H2,1-2H3. The van der Waals surface area contributed by atoms with E-state index in [1.807, 2.05) is 19.9 Å². The molecule has 19 heavy (non-hydrogen) atoms. The van der Waals surface area contributed by atoms with Crippen molar-refractivity contribution in [3.63, 3.8) is 0 Å². The molecule has 1 heterocycles. The molecule has 106 valence electrons. The number of rotatable bonds is 3. The van der Waals surface area contributed by atoms with Crippen molar-refractivity contribution < 1.29 is 8.42 Å². The average Bonchev–Trinajstić information content (AvgIpc) is 2.77. The van der Waals surface area contributed by atoms with Gasteiger partial charge in [0.25, 0.3) is 0 Å². The second kappa shape index (κ2) is 5.16. The molecule has 0 radical (unpaired) electrons. The van der Waals surface area contributed by atoms with E-state index < -0.39 is 10.0 Å². The largest absolute Gasteiger partial charge is 0.330 e. The highest BCUT2D eigenvalue weighted by Crippen LogP contribution is 2.33. The Morgan fingerprint density at radius 3 is 2.68 bits per heavy atom. The van der Waals surface area contributed by atoms with Crippen molar-refractivity contribution in [2.75, 3.05) is 19.6 Å². The van der Waals surface area contributed by atoms with Crippen LogP contribution in [0.15, 0.2) is 27.6 Å². The smallest absolute Gasteiger partial charge is 0.243 e. The Hall–Kier alpha value is -0.430. The molecule has 1 aromatic carbocycles. The van der Waals surface area contributed by atoms with Crippen LogP contribution in [0.1, 0.15) is 18.9 Å². The maximum Gasteiger partial charge on any atom is 0.243 e. The number of halogens is 1. The molecule has 4 nitrogen and oxygen atoms in total. The summed E-state index contributed by atoms with van der Waals surface area (Å²) in [4.78, 5) is 0.339. The van der Waals surface area contributed by atoms with Crippen LogP contribution in [-0.2, 0) is 10.0 Å². The zero-order valence-electron chi connectivity index (χ0n) is 11.2. The van der Waals surface area contributed by atoms with Gasteiger partial charge in [-0.25, -0.2) is 8.42 Å². The molecular weight excluding hydrogens is 328 g/mol. The first-order chi connectivity index (χ1) is 8.78. The molecule has 0 aliphatic carbocycles. The van der Waals surface area contributed by atoms with Crippen molar-refractivity contribution in [2.45, 2.75) is 25.2 Å². The van der Waals surface area contributed by atoms with Crippen LogP contribution in [0.2, 0.25) is 0 Å². The van der Waals surface area contributed by atoms with Gasteiger partial charge in [0.15, 0.2) is 0 Å². The van der Waals surface area contributed by atoms with Gasteiger partial charge < -0.3 is 5.73 Å². The van der Waals surface area contributed by atoms with Crippen LogP contribution >= 0.6 is 15.9 Å². The Morgan fingerprint density at radius 2 is 2.16 bits per heavy atom. The molecule has 0 bridgehead atoms. The summed E-state index contributed by atoms with van der Waals surface area (Å²) >= 11 is 3.38. The quantitative estimate of drug-likeness (QED) is 0.911. The molecule has 1 aliphatic rings. The molecule has 1 aliphatic heterocycles. The molecule has 0 saturated carbocycles. The Bertz CT molecular complexity index is 588. The van der Waals surface area contributed by atoms with Crippen molar-refractivity contribution in [1.82, 2.24) is 4.31 Å². The highest BCUT2D eigenvalue weighted by Gasteiger charge is 2.38. The molecule has 1 fully saturated rings. The third-order valence-corrected chi connectivity index (χ3v) is 6.49. The lowest BCUT2D eigenvalue weighted by Crippen LogP contribution is -2.34. The van der Waals surface area contributed by atoms with Crippen molar-refractivity contribution >= 4 is 26.0 Å². The van der Waals surface area contributed by atoms with Crippen LogP contribution in [-0.4, -0.2) is 32.4 Å². The lowest BCUT2D eigenvalue weighted by molar-refractivity contribution is 0.349. The third kappa shape index (κ3) is 2.86. The van der Waals surface area contributed by atoms with Crippen molar-refractivity contribution in [1.29, 1.82) is 0 Å². The van der Waals surface area contributed by atoms with Gasteiger partial charge in [0.1, 0.15) is 0 Å². The minimum atomic E-state index is -3.41. The predicted molar refractivity (Wildman–Crippen MR) is 79.4 cm³/mol. The summed E-state index contributed by atoms with van der Waals surface area (Å²) in [6, 6.07) is 5.14. The summed E-state index contributed by atoms with van der Waals surface area (Å²) in [6.07, 6.45) is 0.815. The van der Waals surface area contributed by atoms with Crippen molar-refractivity contribution in [3.8, 4) is 0 Å². The van der Waals surface area contributed by atoms with E-state index in [9.17, 15) is 8.42 Å². The lowest BCUT2D eigenvalue weighted by atomic mass is 9.90. The van der Waals surface area contributed by atoms with Crippen LogP contribution in [0.5, 0.6) is 0 Å². The van der Waals surface area contributed by atoms with Crippen LogP contribution in [0.3, 0.4) is 0 Å². The monoisotopic (exact) mass is 346 g/mol. The van der Waals surface area contributed by atoms with Gasteiger partial charge in [0, 0.05) is 17.6 Å². The SMILES string of the molecule is Cc1ccc(S(=O)(=O)N2CCC(C)(CN)C2)cc1Br. The van der Waals surface area contributed by atoms with E-state index in [-0.39, 0.29) is 5.41 Å². The Labute approximate surface area is 123 Å². The van der Waals surface area contributed by atoms with E-state index >= 15 is 0 Å². The van der Waals surface area contributed by atoms with Gasteiger partial charge in [-0.3, -0.25) is 0 Å². The summed E-state index contributed by atoms with van der Waals surface area (Å²) in [5.74, 6) is 0. The Kier molecular flexibility index (Phi) is 4.07. The Balaban J connectivity index is 2.31. The van der Waals surface area contributed by atoms with E-state index in [4.69, 9.17) is 5.73 Å². The van der Waals surface area contributed by atoms with Crippen LogP contribution in [0.25, 0.3) is 0 Å². The number of nitrogens with zero attached hydrogens (tertiary/aromatic N) is 1. The number of aryl methyl sites for hydroxylation is 1. The van der Waals surface area contributed by atoms with Crippen molar-refractivity contribution in [3.05, 3.63) is 28.2 Å². The minimum Gasteiger partial charge on any atom is -0.330 e. The van der Waals surface area contributed by atoms with Gasteiger partial charge in [-0.15, -0.1) is 0 Å². The average molecular weight is 347 g/mol. The summed E-state index contributed by atoms with van der Waals surface area (Å²) in [5.41, 5.74) is 6.65. The molecule has 0 amide bonds. The maximum absolute atomic E-state index is 12.6. The molecule has 6 heteroatoms. The highest BCUT2D eigenvalue weighted by atomic mass is 79.9. The van der Waals surface area contributed by atoms with E-state index in [0.29, 0.717) is 24.5 Å². The summed E-state index contributed by atoms with van der Waals surface area (Å²) in [6.45, 7) is 5.52. The second-order valence-corrected chi connectivity index (χ2v) is 8.31. The number of nitrogens with two attached hydrogens (primary N) is 1. The molecule has 2 rings (SSSR count). The summed E-state index contributed by atoms with van der Waals surface area (Å²) in [7, 11) is -3.41. The number of hydrogen-bond acceptors (Lipinski definition) is 3. The first-order valence-electron chi connectivity index (χ1n) is 6.25. The van der Waals surface area contributed by atoms with Crippen molar-refractivity contribution in [2.24, 2.45) is 11.1 Å². The number of hydrogen-bond donors (Lipinski definition) is 1. The minimum absolute atomic E-state index is 0.102. The maximum atomic E-state index is 12.6. The normalized spacial score (nSPS) is 24.8. The fourth-order valence-corrected chi connectivity index (χ4v) is 4.38. The molecule has 1 atom stereocenters. The zero-order valence-corrected chi connectivity index (χ0v) is 13.6. The first-order valence-corrected chi connectivity index (χ1v) is 8.48. The van der Waals surface area contributed by atoms with Gasteiger partial charge >= 0.3 is 0 Å². The highest BCUT2D eigenvalue weighted by molar-refractivity contribution is 9.10. The van der Waals surface area contributed by atoms with Gasteiger partial charge in [-0.1, -0.05) is 28.9 Å². The summed E-state index contributed by atoms with van der Waals surface area (Å²) < 4.78 is 27.5. The second-order valence-electron chi connectivity index (χ2n) is 5.51. The van der Waals surface area contributed by atoms with Gasteiger partial charge in [-0.2, -0.15) is 4.31 Å². The Morgan fingerprint density at radius 1 is 1.47 bits per heavy atom. The molecule has 0 spiro atoms. The molecule has 1 saturated heterocycles. The molecule has 1 unspecified atom stereocenters. The third-order valence-electron chi connectivity index (χ3n) is 3.80. The van der Waals surface area contributed by atoms with Crippen LogP contribution in [0.4, 0.5) is 0 Å². The summed E-state index contributed by atoms with van der Waals surface area (Å²) in [5, 5.41) is 0. The fraction of sp³-hybridized carbons (Fsp3) is 0.538. The molecule has 0 aromatic heterocycles. The lowest BCUT2D eigenvalue weighted by Gasteiger charge is -2.22. The topological polar surface area (TPSA) is 63.4 Å². The van der Waals surface area contributed by atoms with Gasteiger partial charge in [-0.05, 0) is 43.0 Å². The van der Waals surface area contributed by atoms with Crippen LogP contribution < -0.4 is 5.73 Å². The van der Waals surface area contributed by atoms with Gasteiger partial charge in [0.05, 0.1) is 4.90 Å². The number of sulfonamides is 1. The van der Waals surface area contributed by atoms with Gasteiger partial charge in [0.2, 0.25) is 10.0 Å². The molecule has 2 N–H and O–H groups in total. The number of benzene rings is 1. The van der Waals surface area contributed by atoms with Crippen LogP contribution in [0, 0.1) is 12.3 Å². The zero-order chi connectivity index (χ0) is 14.3. The van der Waals surface area contributed by atoms with E-state index in [1.54, 1.807) is 12.1 Å². The fourth-order valence-electron chi connectivity index (χ4n) is 2.23. The molecular formula is C13H19BrN2O2S. The van der Waals surface area contributed by atoms with E-state index in [2.05, 4.69) is 15.9 Å².